The topological polar surface area (TPSA) is 69.8 Å². The summed E-state index contributed by atoms with van der Waals surface area (Å²) < 4.78 is 5.77. The van der Waals surface area contributed by atoms with Crippen LogP contribution < -0.4 is 0 Å². The summed E-state index contributed by atoms with van der Waals surface area (Å²) in [5, 5.41) is 9.63. The Hall–Kier alpha value is -2.32. The predicted molar refractivity (Wildman–Crippen MR) is 72.9 cm³/mol. The molecule has 0 aliphatic carbocycles. The number of furan rings is 1. The molecule has 0 bridgehead atoms. The molecule has 0 spiro atoms. The fourth-order valence-corrected chi connectivity index (χ4v) is 2.25. The molecule has 0 aliphatic heterocycles. The van der Waals surface area contributed by atoms with Crippen LogP contribution in [0.15, 0.2) is 45.6 Å². The smallest absolute Gasteiger partial charge is 0.230 e. The highest BCUT2D eigenvalue weighted by Gasteiger charge is 2.17. The molecule has 0 fully saturated rings. The van der Waals surface area contributed by atoms with E-state index in [9.17, 15) is 4.79 Å². The summed E-state index contributed by atoms with van der Waals surface area (Å²) in [4.78, 5) is 15.3. The first-order chi connectivity index (χ1) is 9.19. The van der Waals surface area contributed by atoms with Crippen LogP contribution in [0.4, 0.5) is 0 Å². The van der Waals surface area contributed by atoms with Gasteiger partial charge in [-0.05, 0) is 46.3 Å². The number of nitrogens with one attached hydrogen (secondary N) is 1. The highest BCUT2D eigenvalue weighted by atomic mass is 79.9. The average Bonchev–Trinajstić information content (AvgIpc) is 3.03. The predicted octanol–water partition coefficient (Wildman–Crippen LogP) is 3.63. The Morgan fingerprint density at radius 2 is 2.16 bits per heavy atom. The van der Waals surface area contributed by atoms with Gasteiger partial charge in [-0.15, -0.1) is 0 Å². The van der Waals surface area contributed by atoms with E-state index in [2.05, 4.69) is 27.0 Å². The lowest BCUT2D eigenvalue weighted by Gasteiger charge is -1.96. The van der Waals surface area contributed by atoms with Gasteiger partial charge in [0, 0.05) is 17.1 Å². The first-order valence-corrected chi connectivity index (χ1v) is 6.29. The SMILES string of the molecule is N#Cc1ccc2[nH]cc(C(=O)c3ccc(Br)o3)c2c1. The molecule has 0 saturated carbocycles. The Kier molecular flexibility index (Phi) is 2.73. The summed E-state index contributed by atoms with van der Waals surface area (Å²) in [5.74, 6) is 0.0437. The fraction of sp³-hybridized carbons (Fsp3) is 0. The Morgan fingerprint density at radius 1 is 1.32 bits per heavy atom. The number of carbonyl (C=O) groups excluding carboxylic acids is 1. The minimum atomic E-state index is -0.216. The maximum Gasteiger partial charge on any atom is 0.230 e. The number of carbonyl (C=O) groups is 1. The van der Waals surface area contributed by atoms with Crippen molar-refractivity contribution in [3.63, 3.8) is 0 Å². The van der Waals surface area contributed by atoms with E-state index >= 15 is 0 Å². The molecule has 1 N–H and O–H groups in total. The van der Waals surface area contributed by atoms with Crippen LogP contribution in [-0.4, -0.2) is 10.8 Å². The number of nitriles is 1. The normalized spacial score (nSPS) is 10.5. The lowest BCUT2D eigenvalue weighted by molar-refractivity contribution is 0.101. The van der Waals surface area contributed by atoms with Gasteiger partial charge in [0.15, 0.2) is 10.4 Å². The Balaban J connectivity index is 2.15. The molecule has 2 heterocycles. The number of fused-ring (bicyclic) bond motifs is 1. The summed E-state index contributed by atoms with van der Waals surface area (Å²) in [7, 11) is 0. The molecular weight excluding hydrogens is 308 g/mol. The molecule has 0 amide bonds. The van der Waals surface area contributed by atoms with Crippen molar-refractivity contribution < 1.29 is 9.21 Å². The van der Waals surface area contributed by atoms with E-state index in [-0.39, 0.29) is 11.5 Å². The molecule has 3 rings (SSSR count). The zero-order valence-corrected chi connectivity index (χ0v) is 11.2. The van der Waals surface area contributed by atoms with E-state index < -0.39 is 0 Å². The molecule has 3 aromatic rings. The molecule has 5 heteroatoms. The minimum Gasteiger partial charge on any atom is -0.446 e. The van der Waals surface area contributed by atoms with E-state index in [1.54, 1.807) is 36.5 Å². The van der Waals surface area contributed by atoms with Crippen LogP contribution in [-0.2, 0) is 0 Å². The molecule has 0 unspecified atom stereocenters. The van der Waals surface area contributed by atoms with Crippen molar-refractivity contribution >= 4 is 32.6 Å². The number of hydrogen-bond acceptors (Lipinski definition) is 3. The Morgan fingerprint density at radius 3 is 2.84 bits per heavy atom. The molecule has 0 atom stereocenters. The van der Waals surface area contributed by atoms with Gasteiger partial charge in [-0.25, -0.2) is 0 Å². The number of aromatic nitrogens is 1. The second-order valence-electron chi connectivity index (χ2n) is 4.01. The van der Waals surface area contributed by atoms with Gasteiger partial charge in [-0.1, -0.05) is 0 Å². The summed E-state index contributed by atoms with van der Waals surface area (Å²) in [6, 6.07) is 10.5. The van der Waals surface area contributed by atoms with E-state index in [0.717, 1.165) is 10.9 Å². The van der Waals surface area contributed by atoms with Gasteiger partial charge in [-0.3, -0.25) is 4.79 Å². The largest absolute Gasteiger partial charge is 0.446 e. The number of halogens is 1. The van der Waals surface area contributed by atoms with Crippen molar-refractivity contribution in [3.05, 3.63) is 58.1 Å². The zero-order chi connectivity index (χ0) is 13.4. The Bertz CT molecular complexity index is 823. The lowest BCUT2D eigenvalue weighted by atomic mass is 10.1. The summed E-state index contributed by atoms with van der Waals surface area (Å²) in [5.41, 5.74) is 1.82. The fourth-order valence-electron chi connectivity index (χ4n) is 1.95. The number of hydrogen-bond donors (Lipinski definition) is 1. The molecule has 19 heavy (non-hydrogen) atoms. The van der Waals surface area contributed by atoms with Crippen molar-refractivity contribution in [1.82, 2.24) is 4.98 Å². The van der Waals surface area contributed by atoms with Gasteiger partial charge >= 0.3 is 0 Å². The van der Waals surface area contributed by atoms with E-state index in [1.165, 1.54) is 0 Å². The van der Waals surface area contributed by atoms with Gasteiger partial charge in [-0.2, -0.15) is 5.26 Å². The van der Waals surface area contributed by atoms with Crippen molar-refractivity contribution in [1.29, 1.82) is 5.26 Å². The van der Waals surface area contributed by atoms with E-state index in [1.807, 2.05) is 0 Å². The van der Waals surface area contributed by atoms with Gasteiger partial charge in [0.1, 0.15) is 0 Å². The minimum absolute atomic E-state index is 0.216. The zero-order valence-electron chi connectivity index (χ0n) is 9.61. The van der Waals surface area contributed by atoms with Gasteiger partial charge < -0.3 is 9.40 Å². The molecule has 2 aromatic heterocycles. The second kappa shape index (κ2) is 4.41. The third kappa shape index (κ3) is 1.96. The first-order valence-electron chi connectivity index (χ1n) is 5.50. The monoisotopic (exact) mass is 314 g/mol. The highest BCUT2D eigenvalue weighted by molar-refractivity contribution is 9.10. The third-order valence-corrected chi connectivity index (χ3v) is 3.28. The van der Waals surface area contributed by atoms with Crippen molar-refractivity contribution in [2.75, 3.05) is 0 Å². The molecule has 92 valence electrons. The van der Waals surface area contributed by atoms with Crippen molar-refractivity contribution in [2.24, 2.45) is 0 Å². The Labute approximate surface area is 116 Å². The number of nitrogens with zero attached hydrogens (tertiary/aromatic N) is 1. The quantitative estimate of drug-likeness (QED) is 0.734. The summed E-state index contributed by atoms with van der Waals surface area (Å²) >= 11 is 3.17. The maximum atomic E-state index is 12.3. The van der Waals surface area contributed by atoms with E-state index in [4.69, 9.17) is 9.68 Å². The van der Waals surface area contributed by atoms with Crippen LogP contribution in [0, 0.1) is 11.3 Å². The van der Waals surface area contributed by atoms with Crippen LogP contribution in [0.25, 0.3) is 10.9 Å². The first kappa shape index (κ1) is 11.8. The summed E-state index contributed by atoms with van der Waals surface area (Å²) in [6.45, 7) is 0. The molecule has 0 radical (unpaired) electrons. The number of benzene rings is 1. The van der Waals surface area contributed by atoms with Crippen molar-refractivity contribution in [2.45, 2.75) is 0 Å². The third-order valence-electron chi connectivity index (χ3n) is 2.85. The van der Waals surface area contributed by atoms with Crippen LogP contribution in [0.1, 0.15) is 21.7 Å². The van der Waals surface area contributed by atoms with Gasteiger partial charge in [0.2, 0.25) is 5.78 Å². The second-order valence-corrected chi connectivity index (χ2v) is 4.79. The number of aromatic amines is 1. The molecule has 0 aliphatic rings. The molecule has 4 nitrogen and oxygen atoms in total. The van der Waals surface area contributed by atoms with Gasteiger partial charge in [0.05, 0.1) is 17.2 Å². The lowest BCUT2D eigenvalue weighted by Crippen LogP contribution is -1.98. The maximum absolute atomic E-state index is 12.3. The van der Waals surface area contributed by atoms with Crippen LogP contribution in [0.5, 0.6) is 0 Å². The number of H-pyrrole nitrogens is 1. The van der Waals surface area contributed by atoms with Crippen LogP contribution in [0.3, 0.4) is 0 Å². The van der Waals surface area contributed by atoms with Crippen LogP contribution >= 0.6 is 15.9 Å². The average molecular weight is 315 g/mol. The van der Waals surface area contributed by atoms with E-state index in [0.29, 0.717) is 15.8 Å². The molecule has 0 saturated heterocycles. The molecular formula is C14H7BrN2O2. The number of ketones is 1. The standard InChI is InChI=1S/C14H7BrN2O2/c15-13-4-3-12(19-13)14(18)10-7-17-11-2-1-8(6-16)5-9(10)11/h1-5,7,17H. The number of rotatable bonds is 2. The molecule has 1 aromatic carbocycles. The van der Waals surface area contributed by atoms with Gasteiger partial charge in [0.25, 0.3) is 0 Å². The van der Waals surface area contributed by atoms with Crippen molar-refractivity contribution in [3.8, 4) is 6.07 Å². The van der Waals surface area contributed by atoms with Crippen LogP contribution in [0.2, 0.25) is 0 Å². The highest BCUT2D eigenvalue weighted by Crippen LogP contribution is 2.24. The summed E-state index contributed by atoms with van der Waals surface area (Å²) in [6.07, 6.45) is 1.63.